The van der Waals surface area contributed by atoms with Crippen molar-refractivity contribution in [3.8, 4) is 17.0 Å². The first kappa shape index (κ1) is 20.8. The van der Waals surface area contributed by atoms with Crippen LogP contribution in [0.15, 0.2) is 41.8 Å². The van der Waals surface area contributed by atoms with Gasteiger partial charge in [-0.1, -0.05) is 0 Å². The lowest BCUT2D eigenvalue weighted by Gasteiger charge is -2.17. The van der Waals surface area contributed by atoms with E-state index in [2.05, 4.69) is 35.3 Å². The van der Waals surface area contributed by atoms with E-state index in [1.165, 1.54) is 25.5 Å². The molecule has 162 valence electrons. The number of anilines is 2. The average molecular weight is 443 g/mol. The number of benzene rings is 1. The van der Waals surface area contributed by atoms with Crippen LogP contribution in [0.3, 0.4) is 0 Å². The Bertz CT molecular complexity index is 1340. The zero-order chi connectivity index (χ0) is 22.2. The van der Waals surface area contributed by atoms with E-state index in [1.807, 2.05) is 27.1 Å². The van der Waals surface area contributed by atoms with Gasteiger partial charge < -0.3 is 10.1 Å². The molecule has 12 heteroatoms. The molecule has 31 heavy (non-hydrogen) atoms. The molecule has 4 rings (SSSR count). The Morgan fingerprint density at radius 2 is 2.03 bits per heavy atom. The normalized spacial score (nSPS) is 11.9. The van der Waals surface area contributed by atoms with Gasteiger partial charge in [0.05, 0.1) is 34.0 Å². The number of sulfonamides is 1. The Morgan fingerprint density at radius 3 is 2.71 bits per heavy atom. The van der Waals surface area contributed by atoms with Gasteiger partial charge in [-0.3, -0.25) is 9.78 Å². The van der Waals surface area contributed by atoms with Gasteiger partial charge in [-0.2, -0.15) is 10.2 Å². The van der Waals surface area contributed by atoms with Crippen LogP contribution in [0.1, 0.15) is 13.8 Å². The summed E-state index contributed by atoms with van der Waals surface area (Å²) in [7, 11) is -0.464. The second-order valence-corrected chi connectivity index (χ2v) is 8.97. The van der Waals surface area contributed by atoms with Crippen molar-refractivity contribution in [3.63, 3.8) is 0 Å². The maximum absolute atomic E-state index is 12.3. The molecule has 3 N–H and O–H groups in total. The number of aromatic amines is 1. The fourth-order valence-electron chi connectivity index (χ4n) is 3.09. The third kappa shape index (κ3) is 4.07. The van der Waals surface area contributed by atoms with Crippen LogP contribution in [-0.4, -0.2) is 51.5 Å². The minimum Gasteiger partial charge on any atom is -0.489 e. The van der Waals surface area contributed by atoms with Crippen molar-refractivity contribution in [2.75, 3.05) is 12.4 Å². The molecule has 0 aliphatic carbocycles. The van der Waals surface area contributed by atoms with Gasteiger partial charge in [0, 0.05) is 18.8 Å². The lowest BCUT2D eigenvalue weighted by atomic mass is 10.2. The minimum atomic E-state index is -3.65. The number of fused-ring (bicyclic) bond motifs is 1. The van der Waals surface area contributed by atoms with Crippen LogP contribution in [0.2, 0.25) is 0 Å². The molecular weight excluding hydrogens is 420 g/mol. The molecule has 0 saturated carbocycles. The molecule has 0 aliphatic rings. The lowest BCUT2D eigenvalue weighted by molar-refractivity contribution is 0.243. The van der Waals surface area contributed by atoms with Crippen molar-refractivity contribution in [3.05, 3.63) is 36.9 Å². The average Bonchev–Trinajstić information content (AvgIpc) is 3.35. The molecule has 4 aromatic rings. The van der Waals surface area contributed by atoms with E-state index in [9.17, 15) is 8.42 Å². The van der Waals surface area contributed by atoms with Crippen molar-refractivity contribution >= 4 is 32.6 Å². The van der Waals surface area contributed by atoms with E-state index < -0.39 is 10.0 Å². The summed E-state index contributed by atoms with van der Waals surface area (Å²) in [5, 5.41) is 15.3. The van der Waals surface area contributed by atoms with Gasteiger partial charge in [0.25, 0.3) is 0 Å². The molecule has 0 aliphatic heterocycles. The summed E-state index contributed by atoms with van der Waals surface area (Å²) in [6.07, 6.45) is 4.82. The predicted molar refractivity (Wildman–Crippen MR) is 116 cm³/mol. The van der Waals surface area contributed by atoms with Crippen LogP contribution in [-0.2, 0) is 17.1 Å². The van der Waals surface area contributed by atoms with Gasteiger partial charge in [0.2, 0.25) is 10.0 Å². The first-order valence-electron chi connectivity index (χ1n) is 9.48. The van der Waals surface area contributed by atoms with E-state index in [1.54, 1.807) is 16.9 Å². The van der Waals surface area contributed by atoms with Gasteiger partial charge in [-0.15, -0.1) is 0 Å². The molecule has 3 heterocycles. The quantitative estimate of drug-likeness (QED) is 0.396. The van der Waals surface area contributed by atoms with Crippen molar-refractivity contribution in [2.45, 2.75) is 24.8 Å². The van der Waals surface area contributed by atoms with Crippen LogP contribution >= 0.6 is 0 Å². The summed E-state index contributed by atoms with van der Waals surface area (Å²) in [6, 6.07) is 4.60. The molecule has 0 unspecified atom stereocenters. The topological polar surface area (TPSA) is 140 Å². The first-order valence-corrected chi connectivity index (χ1v) is 11.0. The van der Waals surface area contributed by atoms with Crippen molar-refractivity contribution in [2.24, 2.45) is 7.05 Å². The SMILES string of the molecule is CNS(=O)(=O)c1ccc(OC(C)C)c(Nc2ncnc3n[nH]c(-c4cnn(C)c4)c23)c1. The molecular formula is C19H22N8O3S. The fourth-order valence-corrected chi connectivity index (χ4v) is 3.84. The van der Waals surface area contributed by atoms with Crippen molar-refractivity contribution in [1.82, 2.24) is 34.7 Å². The van der Waals surface area contributed by atoms with Crippen LogP contribution in [0.5, 0.6) is 5.75 Å². The Kier molecular flexibility index (Phi) is 5.33. The van der Waals surface area contributed by atoms with Crippen LogP contribution < -0.4 is 14.8 Å². The first-order chi connectivity index (χ1) is 14.8. The number of H-pyrrole nitrogens is 1. The zero-order valence-electron chi connectivity index (χ0n) is 17.4. The number of hydrogen-bond donors (Lipinski definition) is 3. The Balaban J connectivity index is 1.85. The maximum atomic E-state index is 12.3. The van der Waals surface area contributed by atoms with Crippen LogP contribution in [0.25, 0.3) is 22.3 Å². The second kappa shape index (κ2) is 7.96. The van der Waals surface area contributed by atoms with Crippen LogP contribution in [0.4, 0.5) is 11.5 Å². The summed E-state index contributed by atoms with van der Waals surface area (Å²) in [5.41, 5.74) is 2.41. The molecule has 0 radical (unpaired) electrons. The number of nitrogens with one attached hydrogen (secondary N) is 3. The Morgan fingerprint density at radius 1 is 1.23 bits per heavy atom. The standard InChI is InChI=1S/C19H22N8O3S/c1-11(2)30-15-6-5-13(31(28,29)20-3)7-14(15)24-18-16-17(12-8-23-27(4)9-12)25-26-19(16)22-10-21-18/h5-11,20H,1-4H3,(H2,21,22,24,25,26). The molecule has 0 atom stereocenters. The molecule has 3 aromatic heterocycles. The molecule has 0 spiro atoms. The number of ether oxygens (including phenoxy) is 1. The Labute approximate surface area is 178 Å². The predicted octanol–water partition coefficient (Wildman–Crippen LogP) is 2.19. The molecule has 0 saturated heterocycles. The van der Waals surface area contributed by atoms with Gasteiger partial charge in [-0.05, 0) is 39.1 Å². The van der Waals surface area contributed by atoms with E-state index >= 15 is 0 Å². The molecule has 0 fully saturated rings. The van der Waals surface area contributed by atoms with Crippen molar-refractivity contribution < 1.29 is 13.2 Å². The fraction of sp³-hybridized carbons (Fsp3) is 0.263. The van der Waals surface area contributed by atoms with E-state index in [-0.39, 0.29) is 11.0 Å². The van der Waals surface area contributed by atoms with E-state index in [4.69, 9.17) is 4.74 Å². The smallest absolute Gasteiger partial charge is 0.240 e. The number of nitrogens with zero attached hydrogens (tertiary/aromatic N) is 5. The third-order valence-electron chi connectivity index (χ3n) is 4.49. The number of aryl methyl sites for hydroxylation is 1. The summed E-state index contributed by atoms with van der Waals surface area (Å²) in [5.74, 6) is 0.938. The summed E-state index contributed by atoms with van der Waals surface area (Å²) in [4.78, 5) is 8.69. The maximum Gasteiger partial charge on any atom is 0.240 e. The summed E-state index contributed by atoms with van der Waals surface area (Å²) in [6.45, 7) is 3.78. The molecule has 0 amide bonds. The zero-order valence-corrected chi connectivity index (χ0v) is 18.2. The van der Waals surface area contributed by atoms with Crippen LogP contribution in [0, 0.1) is 0 Å². The monoisotopic (exact) mass is 442 g/mol. The van der Waals surface area contributed by atoms with Gasteiger partial charge >= 0.3 is 0 Å². The largest absolute Gasteiger partial charge is 0.489 e. The van der Waals surface area contributed by atoms with Gasteiger partial charge in [0.1, 0.15) is 17.9 Å². The van der Waals surface area contributed by atoms with Gasteiger partial charge in [0.15, 0.2) is 5.65 Å². The number of rotatable bonds is 7. The van der Waals surface area contributed by atoms with Crippen molar-refractivity contribution in [1.29, 1.82) is 0 Å². The summed E-state index contributed by atoms with van der Waals surface area (Å²) < 4.78 is 34.5. The molecule has 0 bridgehead atoms. The second-order valence-electron chi connectivity index (χ2n) is 7.08. The minimum absolute atomic E-state index is 0.0959. The lowest BCUT2D eigenvalue weighted by Crippen LogP contribution is -2.19. The van der Waals surface area contributed by atoms with E-state index in [0.717, 1.165) is 5.56 Å². The highest BCUT2D eigenvalue weighted by molar-refractivity contribution is 7.89. The highest BCUT2D eigenvalue weighted by atomic mass is 32.2. The summed E-state index contributed by atoms with van der Waals surface area (Å²) >= 11 is 0. The highest BCUT2D eigenvalue weighted by Gasteiger charge is 2.19. The number of hydrogen-bond acceptors (Lipinski definition) is 8. The van der Waals surface area contributed by atoms with Gasteiger partial charge in [-0.25, -0.2) is 23.1 Å². The molecule has 11 nitrogen and oxygen atoms in total. The van der Waals surface area contributed by atoms with E-state index in [0.29, 0.717) is 34.0 Å². The highest BCUT2D eigenvalue weighted by Crippen LogP contribution is 2.35. The number of aromatic nitrogens is 6. The third-order valence-corrected chi connectivity index (χ3v) is 5.90. The Hall–Kier alpha value is -3.51. The molecule has 1 aromatic carbocycles.